The highest BCUT2D eigenvalue weighted by Crippen LogP contribution is 2.33. The van der Waals surface area contributed by atoms with Gasteiger partial charge in [-0.2, -0.15) is 0 Å². The van der Waals surface area contributed by atoms with Crippen LogP contribution in [0.5, 0.6) is 5.75 Å². The molecule has 0 bridgehead atoms. The lowest BCUT2D eigenvalue weighted by molar-refractivity contribution is -0.133. The number of benzene rings is 1. The zero-order chi connectivity index (χ0) is 28.7. The number of pyridine rings is 1. The maximum absolute atomic E-state index is 13.7. The first-order chi connectivity index (χ1) is 19.2. The molecule has 214 valence electrons. The third-order valence-corrected chi connectivity index (χ3v) is 7.65. The maximum Gasteiger partial charge on any atom is 0.270 e. The van der Waals surface area contributed by atoms with E-state index in [-0.39, 0.29) is 17.9 Å². The van der Waals surface area contributed by atoms with E-state index in [1.54, 1.807) is 44.4 Å². The summed E-state index contributed by atoms with van der Waals surface area (Å²) in [6, 6.07) is 9.48. The molecular weight excluding hydrogens is 512 g/mol. The predicted octanol–water partition coefficient (Wildman–Crippen LogP) is 2.36. The number of epoxide rings is 1. The van der Waals surface area contributed by atoms with Crippen LogP contribution in [0, 0.1) is 5.92 Å². The summed E-state index contributed by atoms with van der Waals surface area (Å²) in [4.78, 5) is 56.6. The van der Waals surface area contributed by atoms with Crippen molar-refractivity contribution >= 4 is 23.5 Å². The van der Waals surface area contributed by atoms with Crippen LogP contribution < -0.4 is 20.7 Å². The fourth-order valence-corrected chi connectivity index (χ4v) is 5.04. The van der Waals surface area contributed by atoms with Crippen LogP contribution in [-0.2, 0) is 25.5 Å². The molecule has 0 radical (unpaired) electrons. The first kappa shape index (κ1) is 29.2. The molecule has 0 spiro atoms. The van der Waals surface area contributed by atoms with Crippen molar-refractivity contribution in [1.82, 2.24) is 20.9 Å². The molecule has 4 atom stereocenters. The molecule has 1 aliphatic heterocycles. The van der Waals surface area contributed by atoms with Gasteiger partial charge in [0.2, 0.25) is 11.8 Å². The summed E-state index contributed by atoms with van der Waals surface area (Å²) in [7, 11) is 1.57. The average molecular weight is 551 g/mol. The molecule has 2 fully saturated rings. The van der Waals surface area contributed by atoms with Crippen LogP contribution in [0.25, 0.3) is 0 Å². The van der Waals surface area contributed by atoms with Crippen molar-refractivity contribution in [2.45, 2.75) is 76.1 Å². The van der Waals surface area contributed by atoms with Gasteiger partial charge >= 0.3 is 0 Å². The van der Waals surface area contributed by atoms with Gasteiger partial charge in [-0.25, -0.2) is 0 Å². The Morgan fingerprint density at radius 1 is 1.00 bits per heavy atom. The van der Waals surface area contributed by atoms with Gasteiger partial charge in [-0.05, 0) is 56.0 Å². The van der Waals surface area contributed by atoms with E-state index in [2.05, 4.69) is 20.9 Å². The highest BCUT2D eigenvalue weighted by Gasteiger charge is 2.50. The fraction of sp³-hybridized carbons (Fsp3) is 0.500. The summed E-state index contributed by atoms with van der Waals surface area (Å²) in [6.45, 7) is 3.62. The number of methoxy groups -OCH3 is 1. The van der Waals surface area contributed by atoms with Crippen molar-refractivity contribution < 1.29 is 28.7 Å². The minimum absolute atomic E-state index is 0.140. The molecule has 10 nitrogen and oxygen atoms in total. The van der Waals surface area contributed by atoms with E-state index in [1.807, 2.05) is 12.1 Å². The van der Waals surface area contributed by atoms with E-state index in [9.17, 15) is 19.2 Å². The Labute approximate surface area is 234 Å². The molecule has 3 N–H and O–H groups in total. The molecule has 3 amide bonds. The first-order valence-corrected chi connectivity index (χ1v) is 13.8. The molecule has 1 aliphatic carbocycles. The van der Waals surface area contributed by atoms with Crippen LogP contribution in [0.15, 0.2) is 48.7 Å². The quantitative estimate of drug-likeness (QED) is 0.326. The van der Waals surface area contributed by atoms with Gasteiger partial charge in [-0.1, -0.05) is 43.9 Å². The Morgan fingerprint density at radius 3 is 2.27 bits per heavy atom. The number of ether oxygens (including phenoxy) is 2. The number of rotatable bonds is 13. The number of Topliss-reactive ketones (excluding diaryl/α,β-unsaturated/α-hetero) is 1. The second-order valence-corrected chi connectivity index (χ2v) is 10.9. The van der Waals surface area contributed by atoms with Gasteiger partial charge in [0.1, 0.15) is 29.1 Å². The van der Waals surface area contributed by atoms with Crippen molar-refractivity contribution in [2.75, 3.05) is 13.7 Å². The molecule has 1 saturated carbocycles. The Morgan fingerprint density at radius 2 is 1.68 bits per heavy atom. The number of hydrogen-bond donors (Lipinski definition) is 3. The highest BCUT2D eigenvalue weighted by molar-refractivity contribution is 5.99. The van der Waals surface area contributed by atoms with Gasteiger partial charge in [-0.3, -0.25) is 24.2 Å². The Bertz CT molecular complexity index is 1190. The predicted molar refractivity (Wildman–Crippen MR) is 148 cm³/mol. The summed E-state index contributed by atoms with van der Waals surface area (Å²) in [5.41, 5.74) is 0.0940. The minimum Gasteiger partial charge on any atom is -0.497 e. The number of aromatic nitrogens is 1. The van der Waals surface area contributed by atoms with Crippen molar-refractivity contribution in [3.63, 3.8) is 0 Å². The standard InChI is InChI=1S/C30H38N4O6/c1-19(32-28(37)23-10-6-7-15-31-23)27(36)34-25(17-21-11-13-22(39-3)14-12-21)29(38)33-24(16-20-8-4-5-9-20)26(35)30(2)18-40-30/h6-7,10-15,19-20,24-25H,4-5,8-9,16-18H2,1-3H3,(H,32,37)(H,33,38)(H,34,36)/t19-,24+,25+,30-/m1/s1. The zero-order valence-electron chi connectivity index (χ0n) is 23.3. The number of nitrogens with one attached hydrogen (secondary N) is 3. The Balaban J connectivity index is 1.48. The van der Waals surface area contributed by atoms with Crippen LogP contribution in [0.4, 0.5) is 0 Å². The molecule has 10 heteroatoms. The highest BCUT2D eigenvalue weighted by atomic mass is 16.6. The SMILES string of the molecule is COc1ccc(C[C@H](NC(=O)[C@@H](C)NC(=O)c2ccccn2)C(=O)N[C@@H](CC2CCCC2)C(=O)[C@@]2(C)CO2)cc1. The van der Waals surface area contributed by atoms with Gasteiger partial charge in [-0.15, -0.1) is 0 Å². The normalized spacial score (nSPS) is 20.6. The van der Waals surface area contributed by atoms with Crippen LogP contribution in [0.2, 0.25) is 0 Å². The lowest BCUT2D eigenvalue weighted by atomic mass is 9.90. The molecule has 1 aromatic heterocycles. The molecule has 2 heterocycles. The number of carbonyl (C=O) groups excluding carboxylic acids is 4. The summed E-state index contributed by atoms with van der Waals surface area (Å²) < 4.78 is 10.6. The average Bonchev–Trinajstić information content (AvgIpc) is 3.50. The number of ketones is 1. The fourth-order valence-electron chi connectivity index (χ4n) is 5.04. The molecule has 40 heavy (non-hydrogen) atoms. The molecule has 4 rings (SSSR count). The third-order valence-electron chi connectivity index (χ3n) is 7.65. The van der Waals surface area contributed by atoms with Gasteiger partial charge in [0.15, 0.2) is 5.78 Å². The second kappa shape index (κ2) is 13.0. The van der Waals surface area contributed by atoms with Crippen LogP contribution in [-0.4, -0.2) is 65.9 Å². The lowest BCUT2D eigenvalue weighted by Crippen LogP contribution is -2.57. The van der Waals surface area contributed by atoms with Crippen LogP contribution >= 0.6 is 0 Å². The van der Waals surface area contributed by atoms with Gasteiger partial charge < -0.3 is 25.4 Å². The summed E-state index contributed by atoms with van der Waals surface area (Å²) in [5, 5.41) is 8.34. The van der Waals surface area contributed by atoms with E-state index in [1.165, 1.54) is 13.1 Å². The van der Waals surface area contributed by atoms with E-state index in [0.29, 0.717) is 24.7 Å². The zero-order valence-corrected chi connectivity index (χ0v) is 23.3. The second-order valence-electron chi connectivity index (χ2n) is 10.9. The smallest absolute Gasteiger partial charge is 0.270 e. The summed E-state index contributed by atoms with van der Waals surface area (Å²) in [6.07, 6.45) is 6.50. The van der Waals surface area contributed by atoms with Gasteiger partial charge in [0.25, 0.3) is 5.91 Å². The number of amides is 3. The summed E-state index contributed by atoms with van der Waals surface area (Å²) >= 11 is 0. The Kier molecular flexibility index (Phi) is 9.52. The molecule has 2 aromatic rings. The number of hydrogen-bond acceptors (Lipinski definition) is 7. The third kappa shape index (κ3) is 7.65. The number of carbonyl (C=O) groups is 4. The largest absolute Gasteiger partial charge is 0.497 e. The molecule has 0 unspecified atom stereocenters. The maximum atomic E-state index is 13.7. The first-order valence-electron chi connectivity index (χ1n) is 13.8. The van der Waals surface area contributed by atoms with E-state index in [0.717, 1.165) is 31.2 Å². The van der Waals surface area contributed by atoms with Crippen molar-refractivity contribution in [1.29, 1.82) is 0 Å². The summed E-state index contributed by atoms with van der Waals surface area (Å²) in [5.74, 6) is -0.618. The van der Waals surface area contributed by atoms with Crippen molar-refractivity contribution in [2.24, 2.45) is 5.92 Å². The molecule has 1 saturated heterocycles. The monoisotopic (exact) mass is 550 g/mol. The van der Waals surface area contributed by atoms with Gasteiger partial charge in [0.05, 0.1) is 19.8 Å². The van der Waals surface area contributed by atoms with Crippen molar-refractivity contribution in [3.05, 3.63) is 59.9 Å². The van der Waals surface area contributed by atoms with Crippen LogP contribution in [0.3, 0.4) is 0 Å². The van der Waals surface area contributed by atoms with E-state index >= 15 is 0 Å². The minimum atomic E-state index is -0.984. The van der Waals surface area contributed by atoms with Gasteiger partial charge in [0, 0.05) is 12.6 Å². The Hall–Kier alpha value is -3.79. The number of nitrogens with zero attached hydrogens (tertiary/aromatic N) is 1. The molecular formula is C30H38N4O6. The topological polar surface area (TPSA) is 139 Å². The molecule has 2 aliphatic rings. The van der Waals surface area contributed by atoms with Crippen LogP contribution in [0.1, 0.15) is 62.0 Å². The lowest BCUT2D eigenvalue weighted by Gasteiger charge is -2.26. The van der Waals surface area contributed by atoms with E-state index < -0.39 is 41.4 Å². The van der Waals surface area contributed by atoms with E-state index in [4.69, 9.17) is 9.47 Å². The molecule has 1 aromatic carbocycles. The van der Waals surface area contributed by atoms with Crippen molar-refractivity contribution in [3.8, 4) is 5.75 Å².